The maximum Gasteiger partial charge on any atom is 0.175 e. The van der Waals surface area contributed by atoms with Crippen molar-refractivity contribution in [3.63, 3.8) is 0 Å². The number of fused-ring (bicyclic) bond motifs is 1. The van der Waals surface area contributed by atoms with E-state index in [9.17, 15) is 0 Å². The Hall–Kier alpha value is -0.740. The van der Waals surface area contributed by atoms with E-state index in [-0.39, 0.29) is 5.54 Å². The summed E-state index contributed by atoms with van der Waals surface area (Å²) in [6.45, 7) is 5.61. The number of halogens is 1. The fraction of sp³-hybridized carbons (Fsp3) is 0.600. The molecule has 1 heterocycles. The summed E-state index contributed by atoms with van der Waals surface area (Å²) in [6.07, 6.45) is 3.32. The minimum absolute atomic E-state index is 0.183. The molecule has 1 saturated carbocycles. The lowest BCUT2D eigenvalue weighted by molar-refractivity contribution is 0.168. The average molecular weight is 326 g/mol. The largest absolute Gasteiger partial charge is 0.486 e. The highest BCUT2D eigenvalue weighted by molar-refractivity contribution is 9.10. The van der Waals surface area contributed by atoms with E-state index in [4.69, 9.17) is 15.2 Å². The van der Waals surface area contributed by atoms with E-state index in [0.29, 0.717) is 19.1 Å². The second kappa shape index (κ2) is 4.67. The van der Waals surface area contributed by atoms with Crippen LogP contribution in [0.4, 0.5) is 0 Å². The van der Waals surface area contributed by atoms with Gasteiger partial charge in [-0.15, -0.1) is 0 Å². The highest BCUT2D eigenvalue weighted by Gasteiger charge is 2.39. The summed E-state index contributed by atoms with van der Waals surface area (Å²) < 4.78 is 12.5. The summed E-state index contributed by atoms with van der Waals surface area (Å²) >= 11 is 3.70. The Balaban J connectivity index is 2.19. The molecule has 1 aliphatic heterocycles. The van der Waals surface area contributed by atoms with Crippen LogP contribution >= 0.6 is 15.9 Å². The minimum Gasteiger partial charge on any atom is -0.486 e. The number of ether oxygens (including phenoxy) is 2. The summed E-state index contributed by atoms with van der Waals surface area (Å²) in [4.78, 5) is 0. The molecule has 1 fully saturated rings. The van der Waals surface area contributed by atoms with Crippen molar-refractivity contribution in [3.8, 4) is 11.5 Å². The van der Waals surface area contributed by atoms with Crippen LogP contribution in [0.3, 0.4) is 0 Å². The van der Waals surface area contributed by atoms with Gasteiger partial charge in [0.15, 0.2) is 11.5 Å². The Morgan fingerprint density at radius 1 is 1.26 bits per heavy atom. The minimum atomic E-state index is -0.183. The lowest BCUT2D eigenvalue weighted by Crippen LogP contribution is -2.44. The molecule has 3 rings (SSSR count). The molecule has 19 heavy (non-hydrogen) atoms. The number of rotatable bonds is 2. The van der Waals surface area contributed by atoms with E-state index in [0.717, 1.165) is 28.8 Å². The van der Waals surface area contributed by atoms with Crippen LogP contribution in [-0.2, 0) is 5.54 Å². The smallest absolute Gasteiger partial charge is 0.175 e. The molecule has 0 atom stereocenters. The maximum absolute atomic E-state index is 6.55. The van der Waals surface area contributed by atoms with Crippen molar-refractivity contribution >= 4 is 15.9 Å². The fourth-order valence-corrected chi connectivity index (χ4v) is 3.94. The molecule has 0 saturated heterocycles. The molecule has 1 aliphatic carbocycles. The molecule has 2 aliphatic rings. The first-order chi connectivity index (χ1) is 9.03. The third-order valence-corrected chi connectivity index (χ3v) is 4.96. The molecular weight excluding hydrogens is 306 g/mol. The number of hydrogen-bond acceptors (Lipinski definition) is 3. The second-order valence-corrected chi connectivity index (χ2v) is 6.63. The number of benzene rings is 1. The van der Waals surface area contributed by atoms with Crippen molar-refractivity contribution in [1.29, 1.82) is 0 Å². The summed E-state index contributed by atoms with van der Waals surface area (Å²) in [6, 6.07) is 2.10. The van der Waals surface area contributed by atoms with Crippen LogP contribution in [0.5, 0.6) is 11.5 Å². The van der Waals surface area contributed by atoms with Gasteiger partial charge in [0.2, 0.25) is 0 Å². The molecule has 0 unspecified atom stereocenters. The van der Waals surface area contributed by atoms with Gasteiger partial charge in [0.05, 0.1) is 4.47 Å². The summed E-state index contributed by atoms with van der Waals surface area (Å²) in [5.74, 6) is 2.07. The van der Waals surface area contributed by atoms with Gasteiger partial charge in [-0.25, -0.2) is 0 Å². The monoisotopic (exact) mass is 325 g/mol. The summed E-state index contributed by atoms with van der Waals surface area (Å²) in [5, 5.41) is 0. The number of hydrogen-bond donors (Lipinski definition) is 1. The van der Waals surface area contributed by atoms with Gasteiger partial charge < -0.3 is 15.2 Å². The highest BCUT2D eigenvalue weighted by Crippen LogP contribution is 2.50. The third-order valence-electron chi connectivity index (χ3n) is 4.17. The van der Waals surface area contributed by atoms with Gasteiger partial charge in [-0.1, -0.05) is 13.8 Å². The van der Waals surface area contributed by atoms with Crippen molar-refractivity contribution in [1.82, 2.24) is 0 Å². The van der Waals surface area contributed by atoms with Crippen LogP contribution in [0, 0.1) is 0 Å². The van der Waals surface area contributed by atoms with Crippen molar-refractivity contribution in [2.75, 3.05) is 13.2 Å². The van der Waals surface area contributed by atoms with Gasteiger partial charge in [-0.3, -0.25) is 0 Å². The number of nitrogens with two attached hydrogens (primary N) is 1. The average Bonchev–Trinajstić information content (AvgIpc) is 2.35. The highest BCUT2D eigenvalue weighted by atomic mass is 79.9. The second-order valence-electron chi connectivity index (χ2n) is 5.84. The van der Waals surface area contributed by atoms with Gasteiger partial charge in [-0.2, -0.15) is 0 Å². The molecule has 0 amide bonds. The molecule has 2 N–H and O–H groups in total. The Bertz CT molecular complexity index is 509. The van der Waals surface area contributed by atoms with Gasteiger partial charge in [-0.05, 0) is 58.3 Å². The molecule has 0 radical (unpaired) electrons. The van der Waals surface area contributed by atoms with Crippen LogP contribution in [0.15, 0.2) is 10.5 Å². The van der Waals surface area contributed by atoms with E-state index < -0.39 is 0 Å². The molecule has 1 aromatic rings. The van der Waals surface area contributed by atoms with Crippen LogP contribution in [0.2, 0.25) is 0 Å². The van der Waals surface area contributed by atoms with Gasteiger partial charge in [0.25, 0.3) is 0 Å². The molecule has 1 aromatic carbocycles. The molecule has 0 bridgehead atoms. The van der Waals surface area contributed by atoms with E-state index in [1.807, 2.05) is 0 Å². The molecular formula is C15H20BrNO2. The summed E-state index contributed by atoms with van der Waals surface area (Å²) in [7, 11) is 0. The Morgan fingerprint density at radius 2 is 1.95 bits per heavy atom. The van der Waals surface area contributed by atoms with Crippen LogP contribution < -0.4 is 15.2 Å². The first-order valence-electron chi connectivity index (χ1n) is 6.94. The molecule has 0 aromatic heterocycles. The normalized spacial score (nSPS) is 20.3. The van der Waals surface area contributed by atoms with Crippen molar-refractivity contribution in [2.45, 2.75) is 44.6 Å². The zero-order chi connectivity index (χ0) is 13.6. The van der Waals surface area contributed by atoms with E-state index in [2.05, 4.69) is 35.8 Å². The zero-order valence-corrected chi connectivity index (χ0v) is 13.0. The first-order valence-corrected chi connectivity index (χ1v) is 7.73. The lowest BCUT2D eigenvalue weighted by Gasteiger charge is -2.41. The van der Waals surface area contributed by atoms with E-state index in [1.54, 1.807) is 0 Å². The van der Waals surface area contributed by atoms with Crippen molar-refractivity contribution < 1.29 is 9.47 Å². The van der Waals surface area contributed by atoms with Crippen molar-refractivity contribution in [2.24, 2.45) is 5.73 Å². The molecule has 104 valence electrons. The summed E-state index contributed by atoms with van der Waals surface area (Å²) in [5.41, 5.74) is 8.86. The third kappa shape index (κ3) is 2.05. The predicted octanol–water partition coefficient (Wildman–Crippen LogP) is 3.68. The SMILES string of the molecule is CC(C)c1c(C2(N)CCC2)cc2c(c1Br)OCCO2. The topological polar surface area (TPSA) is 44.5 Å². The van der Waals surface area contributed by atoms with Gasteiger partial charge >= 0.3 is 0 Å². The zero-order valence-electron chi connectivity index (χ0n) is 11.5. The van der Waals surface area contributed by atoms with E-state index in [1.165, 1.54) is 17.5 Å². The van der Waals surface area contributed by atoms with E-state index >= 15 is 0 Å². The fourth-order valence-electron chi connectivity index (χ4n) is 2.96. The van der Waals surface area contributed by atoms with Crippen LogP contribution in [0.1, 0.15) is 50.2 Å². The van der Waals surface area contributed by atoms with Gasteiger partial charge in [0, 0.05) is 5.54 Å². The molecule has 0 spiro atoms. The lowest BCUT2D eigenvalue weighted by atomic mass is 9.70. The molecule has 3 nitrogen and oxygen atoms in total. The first kappa shape index (κ1) is 13.3. The van der Waals surface area contributed by atoms with Crippen LogP contribution in [-0.4, -0.2) is 13.2 Å². The standard InChI is InChI=1S/C15H20BrNO2/c1-9(2)12-10(15(17)4-3-5-15)8-11-14(13(12)16)19-7-6-18-11/h8-9H,3-7,17H2,1-2H3. The molecule has 4 heteroatoms. The Morgan fingerprint density at radius 3 is 2.53 bits per heavy atom. The quantitative estimate of drug-likeness (QED) is 0.902. The van der Waals surface area contributed by atoms with Crippen LogP contribution in [0.25, 0.3) is 0 Å². The van der Waals surface area contributed by atoms with Crippen molar-refractivity contribution in [3.05, 3.63) is 21.7 Å². The Kier molecular flexibility index (Phi) is 3.26. The van der Waals surface area contributed by atoms with Gasteiger partial charge in [0.1, 0.15) is 13.2 Å². The Labute approximate surface area is 122 Å². The predicted molar refractivity (Wildman–Crippen MR) is 78.9 cm³/mol. The maximum atomic E-state index is 6.55.